The first kappa shape index (κ1) is 17.6. The summed E-state index contributed by atoms with van der Waals surface area (Å²) in [5, 5.41) is 9.34. The quantitative estimate of drug-likeness (QED) is 0.459. The number of nitrogens with zero attached hydrogens (tertiary/aromatic N) is 3. The van der Waals surface area contributed by atoms with E-state index in [4.69, 9.17) is 4.74 Å². The van der Waals surface area contributed by atoms with Crippen LogP contribution in [0.3, 0.4) is 0 Å². The molecule has 0 unspecified atom stereocenters. The third-order valence-corrected chi connectivity index (χ3v) is 4.25. The molecular formula is C20H20N6O2. The van der Waals surface area contributed by atoms with Gasteiger partial charge in [-0.3, -0.25) is 9.89 Å². The Morgan fingerprint density at radius 2 is 1.79 bits per heavy atom. The number of para-hydroxylation sites is 1. The van der Waals surface area contributed by atoms with Crippen molar-refractivity contribution in [2.45, 2.75) is 13.1 Å². The molecule has 0 aliphatic carbocycles. The van der Waals surface area contributed by atoms with Crippen LogP contribution in [0.2, 0.25) is 0 Å². The molecule has 0 radical (unpaired) electrons. The van der Waals surface area contributed by atoms with E-state index >= 15 is 0 Å². The second kappa shape index (κ2) is 7.83. The van der Waals surface area contributed by atoms with E-state index in [1.54, 1.807) is 7.11 Å². The molecule has 0 fully saturated rings. The molecule has 2 heterocycles. The molecular weight excluding hydrogens is 356 g/mol. The van der Waals surface area contributed by atoms with E-state index in [9.17, 15) is 4.79 Å². The third kappa shape index (κ3) is 3.96. The summed E-state index contributed by atoms with van der Waals surface area (Å²) < 4.78 is 6.48. The van der Waals surface area contributed by atoms with Crippen molar-refractivity contribution in [3.8, 4) is 5.75 Å². The maximum Gasteiger partial charge on any atom is 0.274 e. The van der Waals surface area contributed by atoms with Crippen LogP contribution in [0, 0.1) is 0 Å². The van der Waals surface area contributed by atoms with E-state index in [-0.39, 0.29) is 5.56 Å². The minimum Gasteiger partial charge on any atom is -0.497 e. The Hall–Kier alpha value is -3.81. The van der Waals surface area contributed by atoms with Crippen LogP contribution in [0.15, 0.2) is 65.5 Å². The third-order valence-electron chi connectivity index (χ3n) is 4.25. The fourth-order valence-corrected chi connectivity index (χ4v) is 2.77. The topological polar surface area (TPSA) is 96.3 Å². The van der Waals surface area contributed by atoms with Crippen LogP contribution in [0.5, 0.6) is 5.75 Å². The van der Waals surface area contributed by atoms with Crippen molar-refractivity contribution < 1.29 is 4.74 Å². The molecule has 3 N–H and O–H groups in total. The number of benzene rings is 2. The Morgan fingerprint density at radius 3 is 2.54 bits per heavy atom. The highest BCUT2D eigenvalue weighted by atomic mass is 16.5. The number of anilines is 2. The van der Waals surface area contributed by atoms with Gasteiger partial charge in [-0.2, -0.15) is 9.50 Å². The summed E-state index contributed by atoms with van der Waals surface area (Å²) in [5.74, 6) is 1.61. The maximum atomic E-state index is 12.4. The second-order valence-corrected chi connectivity index (χ2v) is 6.21. The van der Waals surface area contributed by atoms with E-state index in [0.717, 1.165) is 17.0 Å². The lowest BCUT2D eigenvalue weighted by molar-refractivity contribution is 0.414. The van der Waals surface area contributed by atoms with Crippen molar-refractivity contribution >= 4 is 17.4 Å². The van der Waals surface area contributed by atoms with Crippen LogP contribution < -0.4 is 20.9 Å². The van der Waals surface area contributed by atoms with Gasteiger partial charge in [0.25, 0.3) is 11.3 Å². The molecule has 0 aliphatic rings. The molecule has 0 spiro atoms. The largest absolute Gasteiger partial charge is 0.497 e. The molecule has 0 bridgehead atoms. The van der Waals surface area contributed by atoms with Gasteiger partial charge in [-0.25, -0.2) is 4.98 Å². The average Bonchev–Trinajstić information content (AvgIpc) is 3.15. The normalized spacial score (nSPS) is 10.8. The number of hydrogen-bond donors (Lipinski definition) is 3. The van der Waals surface area contributed by atoms with Gasteiger partial charge in [0.2, 0.25) is 5.95 Å². The van der Waals surface area contributed by atoms with E-state index in [2.05, 4.69) is 25.7 Å². The monoisotopic (exact) mass is 376 g/mol. The van der Waals surface area contributed by atoms with E-state index in [1.165, 1.54) is 10.6 Å². The number of hydrogen-bond acceptors (Lipinski definition) is 6. The molecule has 0 aliphatic heterocycles. The van der Waals surface area contributed by atoms with Gasteiger partial charge in [0.15, 0.2) is 0 Å². The molecule has 8 heteroatoms. The molecule has 8 nitrogen and oxygen atoms in total. The van der Waals surface area contributed by atoms with Crippen LogP contribution in [-0.2, 0) is 13.1 Å². The van der Waals surface area contributed by atoms with Crippen molar-refractivity contribution in [1.29, 1.82) is 0 Å². The predicted molar refractivity (Wildman–Crippen MR) is 108 cm³/mol. The van der Waals surface area contributed by atoms with Crippen LogP contribution in [-0.4, -0.2) is 26.7 Å². The van der Waals surface area contributed by atoms with Crippen molar-refractivity contribution in [2.24, 2.45) is 0 Å². The van der Waals surface area contributed by atoms with Crippen LogP contribution in [0.25, 0.3) is 5.78 Å². The lowest BCUT2D eigenvalue weighted by Gasteiger charge is -2.05. The highest BCUT2D eigenvalue weighted by molar-refractivity contribution is 5.43. The average molecular weight is 376 g/mol. The SMILES string of the molecule is COc1ccc(CNc2nc3nc(CNc4ccccc4)cc(=O)n3[nH]2)cc1. The smallest absolute Gasteiger partial charge is 0.274 e. The number of fused-ring (bicyclic) bond motifs is 1. The Kier molecular flexibility index (Phi) is 4.92. The van der Waals surface area contributed by atoms with Crippen LogP contribution >= 0.6 is 0 Å². The summed E-state index contributed by atoms with van der Waals surface area (Å²) in [4.78, 5) is 21.2. The number of aromatic nitrogens is 4. The Balaban J connectivity index is 1.47. The summed E-state index contributed by atoms with van der Waals surface area (Å²) in [6.07, 6.45) is 0. The van der Waals surface area contributed by atoms with Gasteiger partial charge < -0.3 is 15.4 Å². The zero-order valence-electron chi connectivity index (χ0n) is 15.3. The Bertz CT molecular complexity index is 1120. The fourth-order valence-electron chi connectivity index (χ4n) is 2.77. The number of aromatic amines is 1. The molecule has 2 aromatic carbocycles. The van der Waals surface area contributed by atoms with E-state index < -0.39 is 0 Å². The molecule has 0 atom stereocenters. The minimum atomic E-state index is -0.208. The van der Waals surface area contributed by atoms with Gasteiger partial charge in [0, 0.05) is 18.3 Å². The molecule has 0 amide bonds. The van der Waals surface area contributed by atoms with Crippen molar-refractivity contribution in [3.63, 3.8) is 0 Å². The standard InChI is InChI=1S/C20H20N6O2/c1-28-17-9-7-14(8-10-17)12-22-19-24-20-23-16(11-18(27)26(20)25-19)13-21-15-5-3-2-4-6-15/h2-11,21H,12-13H2,1H3,(H2,22,23,24,25). The molecule has 0 saturated heterocycles. The van der Waals surface area contributed by atoms with Crippen molar-refractivity contribution in [1.82, 2.24) is 19.6 Å². The Labute approximate surface area is 161 Å². The maximum absolute atomic E-state index is 12.4. The van der Waals surface area contributed by atoms with Gasteiger partial charge in [-0.15, -0.1) is 0 Å². The molecule has 28 heavy (non-hydrogen) atoms. The zero-order valence-corrected chi connectivity index (χ0v) is 15.3. The first-order valence-electron chi connectivity index (χ1n) is 8.86. The van der Waals surface area contributed by atoms with Gasteiger partial charge in [0.1, 0.15) is 5.75 Å². The molecule has 4 aromatic rings. The molecule has 0 saturated carbocycles. The van der Waals surface area contributed by atoms with Crippen molar-refractivity contribution in [2.75, 3.05) is 17.7 Å². The number of methoxy groups -OCH3 is 1. The van der Waals surface area contributed by atoms with Crippen LogP contribution in [0.4, 0.5) is 11.6 Å². The number of ether oxygens (including phenoxy) is 1. The second-order valence-electron chi connectivity index (χ2n) is 6.21. The lowest BCUT2D eigenvalue weighted by Crippen LogP contribution is -2.17. The molecule has 4 rings (SSSR count). The van der Waals surface area contributed by atoms with Gasteiger partial charge >= 0.3 is 0 Å². The predicted octanol–water partition coefficient (Wildman–Crippen LogP) is 2.65. The van der Waals surface area contributed by atoms with Gasteiger partial charge in [-0.05, 0) is 29.8 Å². The van der Waals surface area contributed by atoms with E-state index in [0.29, 0.717) is 30.5 Å². The molecule has 142 valence electrons. The number of H-pyrrole nitrogens is 1. The summed E-state index contributed by atoms with van der Waals surface area (Å²) in [6.45, 7) is 0.998. The summed E-state index contributed by atoms with van der Waals surface area (Å²) in [7, 11) is 1.63. The van der Waals surface area contributed by atoms with Crippen LogP contribution in [0.1, 0.15) is 11.3 Å². The summed E-state index contributed by atoms with van der Waals surface area (Å²) >= 11 is 0. The first-order chi connectivity index (χ1) is 13.7. The lowest BCUT2D eigenvalue weighted by atomic mass is 10.2. The zero-order chi connectivity index (χ0) is 19.3. The highest BCUT2D eigenvalue weighted by Crippen LogP contribution is 2.12. The summed E-state index contributed by atoms with van der Waals surface area (Å²) in [6, 6.07) is 19.0. The first-order valence-corrected chi connectivity index (χ1v) is 8.86. The van der Waals surface area contributed by atoms with Gasteiger partial charge in [0.05, 0.1) is 19.3 Å². The number of rotatable bonds is 7. The Morgan fingerprint density at radius 1 is 1.00 bits per heavy atom. The highest BCUT2D eigenvalue weighted by Gasteiger charge is 2.08. The van der Waals surface area contributed by atoms with Crippen molar-refractivity contribution in [3.05, 3.63) is 82.3 Å². The minimum absolute atomic E-state index is 0.208. The summed E-state index contributed by atoms with van der Waals surface area (Å²) in [5.41, 5.74) is 2.45. The fraction of sp³-hybridized carbons (Fsp3) is 0.150. The number of nitrogens with one attached hydrogen (secondary N) is 3. The van der Waals surface area contributed by atoms with Gasteiger partial charge in [-0.1, -0.05) is 30.3 Å². The van der Waals surface area contributed by atoms with E-state index in [1.807, 2.05) is 54.6 Å². The molecule has 2 aromatic heterocycles.